The lowest BCUT2D eigenvalue weighted by atomic mass is 10.2. The number of quaternary nitrogens is 1. The summed E-state index contributed by atoms with van der Waals surface area (Å²) in [5.41, 5.74) is 2.23. The molecule has 1 heterocycles. The average Bonchev–Trinajstić information content (AvgIpc) is 2.90. The van der Waals surface area contributed by atoms with Crippen molar-refractivity contribution in [3.63, 3.8) is 0 Å². The van der Waals surface area contributed by atoms with Crippen molar-refractivity contribution < 1.29 is 20.2 Å². The zero-order chi connectivity index (χ0) is 16.9. The second kappa shape index (κ2) is 7.77. The van der Waals surface area contributed by atoms with Gasteiger partial charge in [0.1, 0.15) is 25.7 Å². The topological polar surface area (TPSA) is 70.1 Å². The zero-order valence-electron chi connectivity index (χ0n) is 13.7. The van der Waals surface area contributed by atoms with Crippen molar-refractivity contribution in [3.05, 3.63) is 48.5 Å². The molecule has 1 atom stereocenters. The van der Waals surface area contributed by atoms with Crippen molar-refractivity contribution in [2.75, 3.05) is 32.8 Å². The van der Waals surface area contributed by atoms with Gasteiger partial charge < -0.3 is 24.8 Å². The molecule has 3 rings (SSSR count). The Hall–Kier alpha value is -1.92. The summed E-state index contributed by atoms with van der Waals surface area (Å²) in [4.78, 5) is 1.01. The molecule has 0 saturated carbocycles. The Kier molecular flexibility index (Phi) is 5.48. The van der Waals surface area contributed by atoms with Crippen molar-refractivity contribution >= 4 is 21.8 Å². The van der Waals surface area contributed by atoms with Crippen LogP contribution in [-0.2, 0) is 6.54 Å². The van der Waals surface area contributed by atoms with E-state index in [2.05, 4.69) is 28.8 Å². The van der Waals surface area contributed by atoms with Gasteiger partial charge >= 0.3 is 0 Å². The van der Waals surface area contributed by atoms with E-state index in [1.807, 2.05) is 24.3 Å². The van der Waals surface area contributed by atoms with Gasteiger partial charge in [0.2, 0.25) is 0 Å². The van der Waals surface area contributed by atoms with Crippen LogP contribution in [0.3, 0.4) is 0 Å². The molecule has 0 aliphatic rings. The molecule has 0 aliphatic heterocycles. The van der Waals surface area contributed by atoms with E-state index < -0.39 is 6.10 Å². The van der Waals surface area contributed by atoms with Crippen molar-refractivity contribution in [1.29, 1.82) is 0 Å². The number of aliphatic hydroxyl groups is 3. The number of aromatic nitrogens is 1. The fourth-order valence-electron chi connectivity index (χ4n) is 3.45. The van der Waals surface area contributed by atoms with Gasteiger partial charge in [0.05, 0.1) is 19.8 Å². The average molecular weight is 329 g/mol. The molecule has 0 saturated heterocycles. The van der Waals surface area contributed by atoms with Gasteiger partial charge in [0, 0.05) is 21.8 Å². The highest BCUT2D eigenvalue weighted by molar-refractivity contribution is 6.07. The van der Waals surface area contributed by atoms with Crippen LogP contribution in [0.15, 0.2) is 48.5 Å². The second-order valence-corrected chi connectivity index (χ2v) is 6.20. The molecule has 0 spiro atoms. The van der Waals surface area contributed by atoms with Gasteiger partial charge in [0.25, 0.3) is 0 Å². The minimum absolute atomic E-state index is 0.0530. The first-order chi connectivity index (χ1) is 11.7. The Morgan fingerprint density at radius 2 is 1.33 bits per heavy atom. The third kappa shape index (κ3) is 3.44. The van der Waals surface area contributed by atoms with Gasteiger partial charge in [-0.15, -0.1) is 0 Å². The zero-order valence-corrected chi connectivity index (χ0v) is 13.7. The maximum absolute atomic E-state index is 10.6. The molecule has 3 aromatic rings. The van der Waals surface area contributed by atoms with Crippen LogP contribution in [0.1, 0.15) is 0 Å². The smallest absolute Gasteiger partial charge is 0.121 e. The lowest BCUT2D eigenvalue weighted by Crippen LogP contribution is -3.14. The summed E-state index contributed by atoms with van der Waals surface area (Å²) in [7, 11) is 0. The Bertz CT molecular complexity index is 740. The Morgan fingerprint density at radius 3 is 1.83 bits per heavy atom. The molecular weight excluding hydrogens is 304 g/mol. The van der Waals surface area contributed by atoms with E-state index >= 15 is 0 Å². The van der Waals surface area contributed by atoms with E-state index in [9.17, 15) is 5.11 Å². The molecular formula is C19H25N2O3+. The van der Waals surface area contributed by atoms with Gasteiger partial charge in [-0.2, -0.15) is 0 Å². The Morgan fingerprint density at radius 1 is 0.833 bits per heavy atom. The normalized spacial score (nSPS) is 13.2. The molecule has 0 radical (unpaired) electrons. The van der Waals surface area contributed by atoms with Crippen molar-refractivity contribution in [3.8, 4) is 0 Å². The molecule has 24 heavy (non-hydrogen) atoms. The number of nitrogens with one attached hydrogen (secondary N) is 1. The predicted molar refractivity (Wildman–Crippen MR) is 95.2 cm³/mol. The fourth-order valence-corrected chi connectivity index (χ4v) is 3.45. The lowest BCUT2D eigenvalue weighted by Gasteiger charge is -2.21. The Balaban J connectivity index is 1.88. The lowest BCUT2D eigenvalue weighted by molar-refractivity contribution is -0.904. The van der Waals surface area contributed by atoms with Crippen molar-refractivity contribution in [1.82, 2.24) is 4.57 Å². The maximum atomic E-state index is 10.6. The Labute approximate surface area is 141 Å². The van der Waals surface area contributed by atoms with Crippen LogP contribution in [0.2, 0.25) is 0 Å². The molecule has 0 bridgehead atoms. The molecule has 4 N–H and O–H groups in total. The van der Waals surface area contributed by atoms with Crippen molar-refractivity contribution in [2.24, 2.45) is 0 Å². The number of para-hydroxylation sites is 2. The standard InChI is InChI=1S/C19H24N2O3/c22-11-9-20(10-12-23)13-15(24)14-21-18-7-3-1-5-16(18)17-6-2-4-8-19(17)21/h1-8,15,22-24H,9-14H2/p+1/t15-/m0/s1. The van der Waals surface area contributed by atoms with Gasteiger partial charge in [-0.25, -0.2) is 0 Å². The first-order valence-electron chi connectivity index (χ1n) is 8.44. The summed E-state index contributed by atoms with van der Waals surface area (Å²) < 4.78 is 2.16. The van der Waals surface area contributed by atoms with Crippen LogP contribution in [0, 0.1) is 0 Å². The number of fused-ring (bicyclic) bond motifs is 3. The minimum Gasteiger partial charge on any atom is -0.391 e. The predicted octanol–water partition coefficient (Wildman–Crippen LogP) is 0.0249. The van der Waals surface area contributed by atoms with E-state index in [0.717, 1.165) is 15.9 Å². The highest BCUT2D eigenvalue weighted by Crippen LogP contribution is 2.28. The van der Waals surface area contributed by atoms with E-state index in [1.165, 1.54) is 10.8 Å². The first kappa shape index (κ1) is 16.9. The summed E-state index contributed by atoms with van der Waals surface area (Å²) in [5, 5.41) is 31.2. The molecule has 1 aromatic heterocycles. The van der Waals surface area contributed by atoms with E-state index in [0.29, 0.717) is 26.2 Å². The summed E-state index contributed by atoms with van der Waals surface area (Å²) in [6, 6.07) is 16.5. The molecule has 5 nitrogen and oxygen atoms in total. The molecule has 0 unspecified atom stereocenters. The number of rotatable bonds is 8. The van der Waals surface area contributed by atoms with Crippen molar-refractivity contribution in [2.45, 2.75) is 12.6 Å². The molecule has 2 aromatic carbocycles. The van der Waals surface area contributed by atoms with Gasteiger partial charge in [0.15, 0.2) is 0 Å². The monoisotopic (exact) mass is 329 g/mol. The molecule has 0 aliphatic carbocycles. The fraction of sp³-hybridized carbons (Fsp3) is 0.368. The highest BCUT2D eigenvalue weighted by atomic mass is 16.3. The quantitative estimate of drug-likeness (QED) is 0.471. The van der Waals surface area contributed by atoms with Crippen LogP contribution in [0.25, 0.3) is 21.8 Å². The number of hydrogen-bond acceptors (Lipinski definition) is 3. The third-order valence-corrected chi connectivity index (χ3v) is 4.53. The third-order valence-electron chi connectivity index (χ3n) is 4.53. The molecule has 5 heteroatoms. The minimum atomic E-state index is -0.544. The number of nitrogens with zero attached hydrogens (tertiary/aromatic N) is 1. The van der Waals surface area contributed by atoms with Crippen LogP contribution in [0.4, 0.5) is 0 Å². The van der Waals surface area contributed by atoms with Crippen LogP contribution in [0.5, 0.6) is 0 Å². The van der Waals surface area contributed by atoms with Gasteiger partial charge in [-0.05, 0) is 12.1 Å². The summed E-state index contributed by atoms with van der Waals surface area (Å²) in [6.07, 6.45) is -0.544. The van der Waals surface area contributed by atoms with Crippen LogP contribution in [-0.4, -0.2) is 58.8 Å². The first-order valence-corrected chi connectivity index (χ1v) is 8.44. The van der Waals surface area contributed by atoms with Crippen LogP contribution >= 0.6 is 0 Å². The second-order valence-electron chi connectivity index (χ2n) is 6.20. The maximum Gasteiger partial charge on any atom is 0.121 e. The number of aliphatic hydroxyl groups excluding tert-OH is 3. The SMILES string of the molecule is OCC[NH+](CCO)C[C@H](O)Cn1c2ccccc2c2ccccc21. The van der Waals surface area contributed by atoms with Gasteiger partial charge in [-0.3, -0.25) is 0 Å². The summed E-state index contributed by atoms with van der Waals surface area (Å²) in [5.74, 6) is 0. The number of benzene rings is 2. The highest BCUT2D eigenvalue weighted by Gasteiger charge is 2.17. The van der Waals surface area contributed by atoms with E-state index in [4.69, 9.17) is 10.2 Å². The molecule has 0 amide bonds. The number of hydrogen-bond donors (Lipinski definition) is 4. The van der Waals surface area contributed by atoms with E-state index in [-0.39, 0.29) is 13.2 Å². The molecule has 0 fully saturated rings. The molecule has 128 valence electrons. The summed E-state index contributed by atoms with van der Waals surface area (Å²) >= 11 is 0. The van der Waals surface area contributed by atoms with Crippen LogP contribution < -0.4 is 4.90 Å². The largest absolute Gasteiger partial charge is 0.391 e. The van der Waals surface area contributed by atoms with Gasteiger partial charge in [-0.1, -0.05) is 36.4 Å². The summed E-state index contributed by atoms with van der Waals surface area (Å²) in [6.45, 7) is 2.17. The van der Waals surface area contributed by atoms with E-state index in [1.54, 1.807) is 0 Å².